The van der Waals surface area contributed by atoms with Crippen LogP contribution in [0.3, 0.4) is 0 Å². The molecule has 0 saturated heterocycles. The molecule has 2 amide bonds. The van der Waals surface area contributed by atoms with Gasteiger partial charge in [0.1, 0.15) is 5.82 Å². The number of imide groups is 1. The minimum atomic E-state index is -0.570. The molecule has 5 nitrogen and oxygen atoms in total. The standard InChI is InChI=1S/C15H12FN3O2/c1-7-4-5-10(16)6-11(7)19-14(20)12-13(15(19)21)18-9(3)8(2)17-12/h4-6H,1-3H3. The minimum absolute atomic E-state index is 0.0201. The Hall–Kier alpha value is -2.63. The predicted molar refractivity (Wildman–Crippen MR) is 73.8 cm³/mol. The van der Waals surface area contributed by atoms with Gasteiger partial charge in [0, 0.05) is 0 Å². The molecule has 21 heavy (non-hydrogen) atoms. The van der Waals surface area contributed by atoms with Gasteiger partial charge >= 0.3 is 0 Å². The first-order valence-corrected chi connectivity index (χ1v) is 6.40. The van der Waals surface area contributed by atoms with E-state index in [1.807, 2.05) is 0 Å². The number of fused-ring (bicyclic) bond motifs is 1. The Kier molecular flexibility index (Phi) is 2.83. The Morgan fingerprint density at radius 2 is 1.48 bits per heavy atom. The van der Waals surface area contributed by atoms with Crippen LogP contribution in [0.25, 0.3) is 0 Å². The Balaban J connectivity index is 2.18. The molecule has 0 radical (unpaired) electrons. The van der Waals surface area contributed by atoms with Gasteiger partial charge in [-0.2, -0.15) is 0 Å². The molecule has 0 bridgehead atoms. The van der Waals surface area contributed by atoms with Crippen molar-refractivity contribution in [3.63, 3.8) is 0 Å². The number of anilines is 1. The molecule has 0 saturated carbocycles. The lowest BCUT2D eigenvalue weighted by molar-refractivity contribution is 0.0923. The van der Waals surface area contributed by atoms with E-state index in [1.165, 1.54) is 12.1 Å². The number of carbonyl (C=O) groups excluding carboxylic acids is 2. The first kappa shape index (κ1) is 13.4. The SMILES string of the molecule is Cc1ccc(F)cc1N1C(=O)c2nc(C)c(C)nc2C1=O. The number of benzene rings is 1. The van der Waals surface area contributed by atoms with Crippen LogP contribution in [0, 0.1) is 26.6 Å². The van der Waals surface area contributed by atoms with Crippen molar-refractivity contribution in [2.24, 2.45) is 0 Å². The quantitative estimate of drug-likeness (QED) is 0.754. The van der Waals surface area contributed by atoms with Gasteiger partial charge in [-0.05, 0) is 38.5 Å². The highest BCUT2D eigenvalue weighted by molar-refractivity contribution is 6.33. The number of rotatable bonds is 1. The lowest BCUT2D eigenvalue weighted by atomic mass is 10.2. The van der Waals surface area contributed by atoms with Crippen molar-refractivity contribution in [1.29, 1.82) is 0 Å². The number of carbonyl (C=O) groups is 2. The van der Waals surface area contributed by atoms with Crippen LogP contribution < -0.4 is 4.90 Å². The summed E-state index contributed by atoms with van der Waals surface area (Å²) in [5, 5.41) is 0. The van der Waals surface area contributed by atoms with Gasteiger partial charge in [0.15, 0.2) is 11.4 Å². The van der Waals surface area contributed by atoms with Crippen LogP contribution in [0.5, 0.6) is 0 Å². The van der Waals surface area contributed by atoms with E-state index < -0.39 is 17.6 Å². The fourth-order valence-corrected chi connectivity index (χ4v) is 2.25. The van der Waals surface area contributed by atoms with Gasteiger partial charge in [0.05, 0.1) is 17.1 Å². The average molecular weight is 285 g/mol. The first-order chi connectivity index (χ1) is 9.90. The maximum atomic E-state index is 13.4. The normalized spacial score (nSPS) is 13.8. The van der Waals surface area contributed by atoms with Crippen molar-refractivity contribution in [1.82, 2.24) is 9.97 Å². The summed E-state index contributed by atoms with van der Waals surface area (Å²) in [6.45, 7) is 5.14. The Morgan fingerprint density at radius 1 is 0.952 bits per heavy atom. The summed E-state index contributed by atoms with van der Waals surface area (Å²) in [5.41, 5.74) is 2.07. The summed E-state index contributed by atoms with van der Waals surface area (Å²) in [6.07, 6.45) is 0. The summed E-state index contributed by atoms with van der Waals surface area (Å²) < 4.78 is 13.4. The van der Waals surface area contributed by atoms with E-state index in [2.05, 4.69) is 9.97 Å². The molecule has 106 valence electrons. The zero-order chi connectivity index (χ0) is 15.3. The largest absolute Gasteiger partial charge is 0.286 e. The fourth-order valence-electron chi connectivity index (χ4n) is 2.25. The third kappa shape index (κ3) is 1.91. The van der Waals surface area contributed by atoms with Crippen molar-refractivity contribution < 1.29 is 14.0 Å². The molecule has 0 unspecified atom stereocenters. The van der Waals surface area contributed by atoms with Crippen LogP contribution in [0.1, 0.15) is 37.9 Å². The highest BCUT2D eigenvalue weighted by atomic mass is 19.1. The van der Waals surface area contributed by atoms with Crippen LogP contribution in [-0.2, 0) is 0 Å². The topological polar surface area (TPSA) is 63.2 Å². The summed E-state index contributed by atoms with van der Waals surface area (Å²) in [7, 11) is 0. The van der Waals surface area contributed by atoms with Crippen molar-refractivity contribution in [2.45, 2.75) is 20.8 Å². The first-order valence-electron chi connectivity index (χ1n) is 6.40. The number of nitrogens with zero attached hydrogens (tertiary/aromatic N) is 3. The molecule has 1 aliphatic rings. The summed E-state index contributed by atoms with van der Waals surface area (Å²) in [4.78, 5) is 34.1. The number of halogens is 1. The van der Waals surface area contributed by atoms with E-state index in [-0.39, 0.29) is 17.1 Å². The highest BCUT2D eigenvalue weighted by Crippen LogP contribution is 2.29. The van der Waals surface area contributed by atoms with E-state index in [1.54, 1.807) is 20.8 Å². The third-order valence-corrected chi connectivity index (χ3v) is 3.53. The van der Waals surface area contributed by atoms with Crippen LogP contribution in [0.4, 0.5) is 10.1 Å². The number of aromatic nitrogens is 2. The second-order valence-electron chi connectivity index (χ2n) is 4.97. The van der Waals surface area contributed by atoms with Crippen LogP contribution in [0.15, 0.2) is 18.2 Å². The lowest BCUT2D eigenvalue weighted by Crippen LogP contribution is -2.30. The monoisotopic (exact) mass is 285 g/mol. The molecule has 0 fully saturated rings. The van der Waals surface area contributed by atoms with Crippen molar-refractivity contribution in [3.05, 3.63) is 52.4 Å². The van der Waals surface area contributed by atoms with E-state index >= 15 is 0 Å². The number of hydrogen-bond acceptors (Lipinski definition) is 4. The van der Waals surface area contributed by atoms with Gasteiger partial charge in [-0.15, -0.1) is 0 Å². The molecular weight excluding hydrogens is 273 g/mol. The van der Waals surface area contributed by atoms with Gasteiger partial charge in [0.25, 0.3) is 11.8 Å². The Labute approximate surface area is 120 Å². The third-order valence-electron chi connectivity index (χ3n) is 3.53. The van der Waals surface area contributed by atoms with Crippen LogP contribution in [-0.4, -0.2) is 21.8 Å². The molecule has 0 atom stereocenters. The van der Waals surface area contributed by atoms with Crippen LogP contribution >= 0.6 is 0 Å². The second kappa shape index (κ2) is 4.44. The predicted octanol–water partition coefficient (Wildman–Crippen LogP) is 2.34. The van der Waals surface area contributed by atoms with Crippen molar-refractivity contribution >= 4 is 17.5 Å². The molecule has 1 aliphatic heterocycles. The number of amides is 2. The van der Waals surface area contributed by atoms with Crippen molar-refractivity contribution in [2.75, 3.05) is 4.90 Å². The summed E-state index contributed by atoms with van der Waals surface area (Å²) >= 11 is 0. The molecule has 6 heteroatoms. The summed E-state index contributed by atoms with van der Waals surface area (Å²) in [5.74, 6) is -1.65. The van der Waals surface area contributed by atoms with Gasteiger partial charge < -0.3 is 0 Å². The minimum Gasteiger partial charge on any atom is -0.266 e. The zero-order valence-corrected chi connectivity index (χ0v) is 11.8. The molecule has 2 heterocycles. The maximum Gasteiger partial charge on any atom is 0.286 e. The van der Waals surface area contributed by atoms with E-state index in [4.69, 9.17) is 0 Å². The molecule has 1 aromatic heterocycles. The molecule has 0 aliphatic carbocycles. The average Bonchev–Trinajstić information content (AvgIpc) is 2.66. The van der Waals surface area contributed by atoms with E-state index in [0.717, 1.165) is 11.0 Å². The molecule has 3 rings (SSSR count). The Morgan fingerprint density at radius 3 is 2.00 bits per heavy atom. The van der Waals surface area contributed by atoms with E-state index in [9.17, 15) is 14.0 Å². The Bertz CT molecular complexity index is 761. The van der Waals surface area contributed by atoms with E-state index in [0.29, 0.717) is 17.0 Å². The summed E-state index contributed by atoms with van der Waals surface area (Å²) in [6, 6.07) is 3.96. The van der Waals surface area contributed by atoms with Gasteiger partial charge in [-0.3, -0.25) is 9.59 Å². The second-order valence-corrected chi connectivity index (χ2v) is 4.97. The molecular formula is C15H12FN3O2. The van der Waals surface area contributed by atoms with Gasteiger partial charge in [-0.25, -0.2) is 19.3 Å². The van der Waals surface area contributed by atoms with Crippen LogP contribution in [0.2, 0.25) is 0 Å². The molecule has 0 spiro atoms. The molecule has 2 aromatic rings. The van der Waals surface area contributed by atoms with Crippen molar-refractivity contribution in [3.8, 4) is 0 Å². The highest BCUT2D eigenvalue weighted by Gasteiger charge is 2.40. The smallest absolute Gasteiger partial charge is 0.266 e. The number of hydrogen-bond donors (Lipinski definition) is 0. The van der Waals surface area contributed by atoms with Gasteiger partial charge in [-0.1, -0.05) is 6.07 Å². The lowest BCUT2D eigenvalue weighted by Gasteiger charge is -2.15. The zero-order valence-electron chi connectivity index (χ0n) is 11.8. The maximum absolute atomic E-state index is 13.4. The van der Waals surface area contributed by atoms with Gasteiger partial charge in [0.2, 0.25) is 0 Å². The fraction of sp³-hybridized carbons (Fsp3) is 0.200. The molecule has 1 aromatic carbocycles. The number of aryl methyl sites for hydroxylation is 3. The molecule has 0 N–H and O–H groups in total.